The van der Waals surface area contributed by atoms with Crippen LogP contribution in [0.2, 0.25) is 5.28 Å². The molecule has 0 spiro atoms. The fraction of sp³-hybridized carbons (Fsp3) is 0.250. The van der Waals surface area contributed by atoms with Crippen LogP contribution in [0.3, 0.4) is 0 Å². The molecule has 0 unspecified atom stereocenters. The summed E-state index contributed by atoms with van der Waals surface area (Å²) in [6.07, 6.45) is 0. The van der Waals surface area contributed by atoms with E-state index >= 15 is 0 Å². The van der Waals surface area contributed by atoms with Crippen LogP contribution in [0.25, 0.3) is 0 Å². The lowest BCUT2D eigenvalue weighted by molar-refractivity contribution is 0.584. The molecule has 0 aliphatic heterocycles. The molecule has 0 aliphatic rings. The number of nitrogens with one attached hydrogen (secondary N) is 1. The van der Waals surface area contributed by atoms with Crippen LogP contribution in [0.5, 0.6) is 0 Å². The molecule has 0 amide bonds. The van der Waals surface area contributed by atoms with Crippen LogP contribution >= 0.6 is 11.6 Å². The third kappa shape index (κ3) is 3.51. The van der Waals surface area contributed by atoms with Crippen molar-refractivity contribution in [2.45, 2.75) is 6.92 Å². The van der Waals surface area contributed by atoms with Gasteiger partial charge in [0, 0.05) is 25.3 Å². The van der Waals surface area contributed by atoms with Crippen molar-refractivity contribution in [2.75, 3.05) is 23.8 Å². The fourth-order valence-electron chi connectivity index (χ4n) is 1.46. The van der Waals surface area contributed by atoms with Crippen LogP contribution in [0.1, 0.15) is 6.92 Å². The highest BCUT2D eigenvalue weighted by Gasteiger charge is 2.09. The van der Waals surface area contributed by atoms with Gasteiger partial charge in [0.2, 0.25) is 17.2 Å². The zero-order valence-corrected chi connectivity index (χ0v) is 11.6. The number of hydrogen-bond acceptors (Lipinski definition) is 5. The minimum Gasteiger partial charge on any atom is -0.344 e. The predicted molar refractivity (Wildman–Crippen MR) is 73.4 cm³/mol. The van der Waals surface area contributed by atoms with Gasteiger partial charge in [0.05, 0.1) is 0 Å². The van der Waals surface area contributed by atoms with E-state index in [1.54, 1.807) is 11.9 Å². The molecule has 2 aromatic rings. The van der Waals surface area contributed by atoms with E-state index in [1.807, 2.05) is 6.92 Å². The Morgan fingerprint density at radius 3 is 2.40 bits per heavy atom. The molecule has 1 aromatic heterocycles. The van der Waals surface area contributed by atoms with Gasteiger partial charge < -0.3 is 10.2 Å². The quantitative estimate of drug-likeness (QED) is 0.940. The van der Waals surface area contributed by atoms with Gasteiger partial charge in [-0.3, -0.25) is 0 Å². The van der Waals surface area contributed by atoms with Gasteiger partial charge in [0.15, 0.2) is 0 Å². The lowest BCUT2D eigenvalue weighted by atomic mass is 10.3. The first kappa shape index (κ1) is 14.4. The summed E-state index contributed by atoms with van der Waals surface area (Å²) in [6.45, 7) is 2.60. The Kier molecular flexibility index (Phi) is 4.29. The first-order valence-electron chi connectivity index (χ1n) is 5.83. The molecular weight excluding hydrogens is 288 g/mol. The summed E-state index contributed by atoms with van der Waals surface area (Å²) in [6, 6.07) is 3.04. The minimum atomic E-state index is -0.696. The number of benzene rings is 1. The second kappa shape index (κ2) is 5.96. The molecule has 5 nitrogen and oxygen atoms in total. The van der Waals surface area contributed by atoms with E-state index in [0.717, 1.165) is 18.2 Å². The third-order valence-electron chi connectivity index (χ3n) is 2.53. The van der Waals surface area contributed by atoms with Gasteiger partial charge in [-0.1, -0.05) is 0 Å². The average molecular weight is 300 g/mol. The van der Waals surface area contributed by atoms with E-state index in [1.165, 1.54) is 0 Å². The third-order valence-corrected chi connectivity index (χ3v) is 2.70. The van der Waals surface area contributed by atoms with Crippen molar-refractivity contribution in [3.05, 3.63) is 35.1 Å². The summed E-state index contributed by atoms with van der Waals surface area (Å²) in [5.41, 5.74) is 0.190. The Balaban J connectivity index is 2.31. The van der Waals surface area contributed by atoms with Crippen molar-refractivity contribution in [2.24, 2.45) is 0 Å². The summed E-state index contributed by atoms with van der Waals surface area (Å²) in [4.78, 5) is 13.7. The molecule has 0 bridgehead atoms. The normalized spacial score (nSPS) is 10.4. The number of rotatable bonds is 4. The number of anilines is 3. The summed E-state index contributed by atoms with van der Waals surface area (Å²) in [7, 11) is 1.79. The van der Waals surface area contributed by atoms with Crippen LogP contribution in [-0.2, 0) is 0 Å². The highest BCUT2D eigenvalue weighted by Crippen LogP contribution is 2.19. The van der Waals surface area contributed by atoms with Crippen LogP contribution < -0.4 is 10.2 Å². The molecule has 0 saturated carbocycles. The van der Waals surface area contributed by atoms with Crippen molar-refractivity contribution in [3.8, 4) is 0 Å². The predicted octanol–water partition coefficient (Wildman–Crippen LogP) is 3.00. The SMILES string of the molecule is CCN(C)c1nc(Cl)nc(Nc2cc(F)cc(F)c2)n1. The van der Waals surface area contributed by atoms with Gasteiger partial charge in [-0.25, -0.2) is 8.78 Å². The van der Waals surface area contributed by atoms with Crippen LogP contribution in [0.4, 0.5) is 26.4 Å². The smallest absolute Gasteiger partial charge is 0.233 e. The molecule has 2 rings (SSSR count). The van der Waals surface area contributed by atoms with E-state index in [-0.39, 0.29) is 16.9 Å². The fourth-order valence-corrected chi connectivity index (χ4v) is 1.62. The molecule has 0 radical (unpaired) electrons. The number of hydrogen-bond donors (Lipinski definition) is 1. The molecule has 8 heteroatoms. The number of halogens is 3. The van der Waals surface area contributed by atoms with Crippen molar-refractivity contribution in [1.29, 1.82) is 0 Å². The molecule has 20 heavy (non-hydrogen) atoms. The first-order valence-corrected chi connectivity index (χ1v) is 6.21. The van der Waals surface area contributed by atoms with Crippen LogP contribution in [0.15, 0.2) is 18.2 Å². The van der Waals surface area contributed by atoms with Crippen LogP contribution in [-0.4, -0.2) is 28.5 Å². The molecule has 106 valence electrons. The van der Waals surface area contributed by atoms with Gasteiger partial charge in [-0.2, -0.15) is 15.0 Å². The van der Waals surface area contributed by atoms with E-state index < -0.39 is 11.6 Å². The van der Waals surface area contributed by atoms with E-state index in [9.17, 15) is 8.78 Å². The second-order valence-corrected chi connectivity index (χ2v) is 4.36. The Morgan fingerprint density at radius 1 is 1.15 bits per heavy atom. The molecule has 0 aliphatic carbocycles. The van der Waals surface area contributed by atoms with Gasteiger partial charge in [0.25, 0.3) is 0 Å². The van der Waals surface area contributed by atoms with Gasteiger partial charge >= 0.3 is 0 Å². The maximum Gasteiger partial charge on any atom is 0.233 e. The largest absolute Gasteiger partial charge is 0.344 e. The Labute approximate surface area is 119 Å². The monoisotopic (exact) mass is 299 g/mol. The number of aromatic nitrogens is 3. The zero-order chi connectivity index (χ0) is 14.7. The lowest BCUT2D eigenvalue weighted by Crippen LogP contribution is -2.19. The van der Waals surface area contributed by atoms with Gasteiger partial charge in [-0.05, 0) is 30.7 Å². The maximum atomic E-state index is 13.1. The molecular formula is C12H12ClF2N5. The summed E-state index contributed by atoms with van der Waals surface area (Å²) in [5, 5.41) is 2.69. The molecule has 1 aromatic carbocycles. The first-order chi connectivity index (χ1) is 9.47. The molecule has 1 N–H and O–H groups in total. The van der Waals surface area contributed by atoms with Gasteiger partial charge in [0.1, 0.15) is 11.6 Å². The topological polar surface area (TPSA) is 53.9 Å². The van der Waals surface area contributed by atoms with Gasteiger partial charge in [-0.15, -0.1) is 0 Å². The summed E-state index contributed by atoms with van der Waals surface area (Å²) >= 11 is 5.80. The standard InChI is InChI=1S/C12H12ClF2N5/c1-3-20(2)12-18-10(13)17-11(19-12)16-9-5-7(14)4-8(15)6-9/h4-6H,3H2,1-2H3,(H,16,17,18,19). The molecule has 1 heterocycles. The maximum absolute atomic E-state index is 13.1. The Morgan fingerprint density at radius 2 is 1.80 bits per heavy atom. The highest BCUT2D eigenvalue weighted by molar-refractivity contribution is 6.28. The van der Waals surface area contributed by atoms with E-state index in [0.29, 0.717) is 12.5 Å². The summed E-state index contributed by atoms with van der Waals surface area (Å²) in [5.74, 6) is -0.908. The molecule has 0 atom stereocenters. The van der Waals surface area contributed by atoms with Crippen LogP contribution in [0, 0.1) is 11.6 Å². The van der Waals surface area contributed by atoms with E-state index in [4.69, 9.17) is 11.6 Å². The highest BCUT2D eigenvalue weighted by atomic mass is 35.5. The lowest BCUT2D eigenvalue weighted by Gasteiger charge is -2.15. The molecule has 0 saturated heterocycles. The van der Waals surface area contributed by atoms with Crippen molar-refractivity contribution in [3.63, 3.8) is 0 Å². The minimum absolute atomic E-state index is 0.00493. The Bertz CT molecular complexity index is 603. The zero-order valence-electron chi connectivity index (χ0n) is 10.9. The average Bonchev–Trinajstić information content (AvgIpc) is 2.35. The molecule has 0 fully saturated rings. The van der Waals surface area contributed by atoms with Crippen molar-refractivity contribution in [1.82, 2.24) is 15.0 Å². The van der Waals surface area contributed by atoms with Crippen molar-refractivity contribution >= 4 is 29.2 Å². The van der Waals surface area contributed by atoms with E-state index in [2.05, 4.69) is 20.3 Å². The second-order valence-electron chi connectivity index (χ2n) is 4.03. The van der Waals surface area contributed by atoms with Crippen molar-refractivity contribution < 1.29 is 8.78 Å². The number of nitrogens with zero attached hydrogens (tertiary/aromatic N) is 4. The summed E-state index contributed by atoms with van der Waals surface area (Å²) < 4.78 is 26.2. The Hall–Kier alpha value is -2.02.